The molecule has 3 aromatic heterocycles. The van der Waals surface area contributed by atoms with Gasteiger partial charge in [-0.2, -0.15) is 0 Å². The first kappa shape index (κ1) is 32.9. The Labute approximate surface area is 261 Å². The number of benzene rings is 1. The van der Waals surface area contributed by atoms with Crippen LogP contribution in [0.2, 0.25) is 0 Å². The highest BCUT2D eigenvalue weighted by atomic mass is 16.6. The summed E-state index contributed by atoms with van der Waals surface area (Å²) in [6.07, 6.45) is 9.11. The van der Waals surface area contributed by atoms with E-state index in [1.807, 2.05) is 24.3 Å². The molecule has 3 heterocycles. The monoisotopic (exact) mass is 617 g/mol. The normalized spacial score (nSPS) is 12.7. The van der Waals surface area contributed by atoms with E-state index in [1.165, 1.54) is 17.0 Å². The van der Waals surface area contributed by atoms with Crippen LogP contribution in [-0.2, 0) is 9.47 Å². The molecule has 0 aliphatic heterocycles. The second-order valence-corrected chi connectivity index (χ2v) is 12.3. The number of ketones is 1. The van der Waals surface area contributed by atoms with Crippen LogP contribution in [0.1, 0.15) is 83.4 Å². The lowest BCUT2D eigenvalue weighted by atomic mass is 10.1. The van der Waals surface area contributed by atoms with E-state index in [0.29, 0.717) is 23.4 Å². The van der Waals surface area contributed by atoms with Gasteiger partial charge < -0.3 is 23.9 Å². The molecule has 0 aliphatic carbocycles. The Morgan fingerprint density at radius 1 is 1.02 bits per heavy atom. The molecule has 4 rings (SSSR count). The van der Waals surface area contributed by atoms with E-state index in [2.05, 4.69) is 15.3 Å². The van der Waals surface area contributed by atoms with Crippen molar-refractivity contribution in [1.82, 2.24) is 24.8 Å². The Morgan fingerprint density at radius 3 is 2.44 bits per heavy atom. The SMILES string of the molecule is COc1cc2ncccc2cc1-c1cn(C(=O)OC(C)(C)C)c(C(CC=CCCC(=O)c2ncco2)NC(=O)OC(C)(C)C)n1. The van der Waals surface area contributed by atoms with Crippen molar-refractivity contribution in [2.24, 2.45) is 0 Å². The fourth-order valence-electron chi connectivity index (χ4n) is 4.41. The van der Waals surface area contributed by atoms with Crippen LogP contribution >= 0.6 is 0 Å². The van der Waals surface area contributed by atoms with E-state index in [9.17, 15) is 14.4 Å². The number of nitrogens with one attached hydrogen (secondary N) is 1. The lowest BCUT2D eigenvalue weighted by Gasteiger charge is -2.24. The number of oxazole rings is 1. The van der Waals surface area contributed by atoms with Crippen molar-refractivity contribution in [3.05, 3.63) is 73.0 Å². The average Bonchev–Trinajstić information content (AvgIpc) is 3.65. The number of Topliss-reactive ketones (excluding diaryl/α,β-unsaturated/α-hetero) is 1. The van der Waals surface area contributed by atoms with Gasteiger partial charge in [0.05, 0.1) is 30.6 Å². The van der Waals surface area contributed by atoms with Gasteiger partial charge in [-0.15, -0.1) is 0 Å². The molecule has 0 fully saturated rings. The molecule has 0 aliphatic rings. The summed E-state index contributed by atoms with van der Waals surface area (Å²) in [5.41, 5.74) is 0.228. The number of allylic oxidation sites excluding steroid dienone is 1. The van der Waals surface area contributed by atoms with Gasteiger partial charge in [-0.25, -0.2) is 24.1 Å². The van der Waals surface area contributed by atoms with E-state index >= 15 is 0 Å². The Hall–Kier alpha value is -5.00. The largest absolute Gasteiger partial charge is 0.496 e. The maximum absolute atomic E-state index is 13.5. The number of carbonyl (C=O) groups excluding carboxylic acids is 3. The van der Waals surface area contributed by atoms with Crippen molar-refractivity contribution < 1.29 is 33.0 Å². The van der Waals surface area contributed by atoms with Gasteiger partial charge in [0.15, 0.2) is 0 Å². The van der Waals surface area contributed by atoms with Gasteiger partial charge in [0.2, 0.25) is 5.78 Å². The quantitative estimate of drug-likeness (QED) is 0.145. The van der Waals surface area contributed by atoms with Gasteiger partial charge in [-0.05, 0) is 66.5 Å². The zero-order chi connectivity index (χ0) is 32.8. The first-order valence-electron chi connectivity index (χ1n) is 14.6. The van der Waals surface area contributed by atoms with Gasteiger partial charge in [0.25, 0.3) is 5.89 Å². The molecule has 45 heavy (non-hydrogen) atoms. The summed E-state index contributed by atoms with van der Waals surface area (Å²) in [5, 5.41) is 3.71. The number of pyridine rings is 1. The molecule has 1 atom stereocenters. The number of amides is 1. The van der Waals surface area contributed by atoms with Crippen molar-refractivity contribution in [2.45, 2.75) is 78.0 Å². The Balaban J connectivity index is 1.72. The van der Waals surface area contributed by atoms with Crippen LogP contribution in [0.25, 0.3) is 22.2 Å². The van der Waals surface area contributed by atoms with E-state index in [1.54, 1.807) is 73.2 Å². The van der Waals surface area contributed by atoms with Gasteiger partial charge in [0.1, 0.15) is 29.0 Å². The average molecular weight is 618 g/mol. The summed E-state index contributed by atoms with van der Waals surface area (Å²) in [5.74, 6) is 0.560. The molecule has 12 nitrogen and oxygen atoms in total. The third-order valence-electron chi connectivity index (χ3n) is 6.27. The van der Waals surface area contributed by atoms with Crippen molar-refractivity contribution in [3.63, 3.8) is 0 Å². The maximum atomic E-state index is 13.5. The van der Waals surface area contributed by atoms with Crippen LogP contribution < -0.4 is 10.1 Å². The zero-order valence-corrected chi connectivity index (χ0v) is 26.6. The molecule has 1 N–H and O–H groups in total. The number of methoxy groups -OCH3 is 1. The van der Waals surface area contributed by atoms with Gasteiger partial charge in [0, 0.05) is 35.8 Å². The predicted molar refractivity (Wildman–Crippen MR) is 167 cm³/mol. The fraction of sp³-hybridized carbons (Fsp3) is 0.394. The number of rotatable bonds is 10. The van der Waals surface area contributed by atoms with Crippen LogP contribution in [0.5, 0.6) is 5.75 Å². The Bertz CT molecular complexity index is 1680. The van der Waals surface area contributed by atoms with E-state index in [-0.39, 0.29) is 30.3 Å². The number of ether oxygens (including phenoxy) is 3. The number of imidazole rings is 1. The van der Waals surface area contributed by atoms with Gasteiger partial charge in [-0.1, -0.05) is 18.2 Å². The summed E-state index contributed by atoms with van der Waals surface area (Å²) in [4.78, 5) is 51.9. The summed E-state index contributed by atoms with van der Waals surface area (Å²) in [7, 11) is 1.55. The number of hydrogen-bond acceptors (Lipinski definition) is 10. The molecular formula is C33H39N5O7. The molecule has 238 valence electrons. The minimum atomic E-state index is -0.812. The summed E-state index contributed by atoms with van der Waals surface area (Å²) in [6.45, 7) is 10.6. The molecule has 0 spiro atoms. The second kappa shape index (κ2) is 13.7. The van der Waals surface area contributed by atoms with E-state index in [4.69, 9.17) is 23.6 Å². The first-order chi connectivity index (χ1) is 21.2. The summed E-state index contributed by atoms with van der Waals surface area (Å²) < 4.78 is 23.3. The van der Waals surface area contributed by atoms with Crippen LogP contribution in [-0.4, -0.2) is 55.8 Å². The van der Waals surface area contributed by atoms with Crippen molar-refractivity contribution in [1.29, 1.82) is 0 Å². The van der Waals surface area contributed by atoms with E-state index < -0.39 is 29.4 Å². The van der Waals surface area contributed by atoms with Crippen molar-refractivity contribution in [2.75, 3.05) is 7.11 Å². The Morgan fingerprint density at radius 2 is 1.78 bits per heavy atom. The lowest BCUT2D eigenvalue weighted by Crippen LogP contribution is -2.37. The molecule has 1 unspecified atom stereocenters. The lowest BCUT2D eigenvalue weighted by molar-refractivity contribution is 0.0473. The highest BCUT2D eigenvalue weighted by molar-refractivity contribution is 5.91. The highest BCUT2D eigenvalue weighted by Crippen LogP contribution is 2.34. The van der Waals surface area contributed by atoms with Gasteiger partial charge >= 0.3 is 12.2 Å². The standard InChI is InChI=1S/C33H39N5O7/c1-32(2,3)44-30(40)37-23(13-9-8-10-14-26(39)29-35-16-17-43-29)28-36-25(20-38(28)31(41)45-33(4,5)6)22-18-21-12-11-15-34-24(21)19-27(22)42-7/h8-9,11-12,15-20,23H,10,13-14H2,1-7H3,(H,37,40). The number of alkyl carbamates (subject to hydrolysis) is 1. The highest BCUT2D eigenvalue weighted by Gasteiger charge is 2.29. The van der Waals surface area contributed by atoms with Crippen LogP contribution in [0, 0.1) is 0 Å². The van der Waals surface area contributed by atoms with Crippen LogP contribution in [0.3, 0.4) is 0 Å². The van der Waals surface area contributed by atoms with Crippen molar-refractivity contribution >= 4 is 28.9 Å². The van der Waals surface area contributed by atoms with Gasteiger partial charge in [-0.3, -0.25) is 9.78 Å². The number of aromatic nitrogens is 4. The van der Waals surface area contributed by atoms with E-state index in [0.717, 1.165) is 10.9 Å². The molecule has 4 aromatic rings. The predicted octanol–water partition coefficient (Wildman–Crippen LogP) is 7.05. The molecule has 0 saturated heterocycles. The number of fused-ring (bicyclic) bond motifs is 1. The van der Waals surface area contributed by atoms with Crippen LogP contribution in [0.15, 0.2) is 65.7 Å². The number of hydrogen-bond donors (Lipinski definition) is 1. The summed E-state index contributed by atoms with van der Waals surface area (Å²) >= 11 is 0. The first-order valence-corrected chi connectivity index (χ1v) is 14.6. The molecule has 1 aromatic carbocycles. The summed E-state index contributed by atoms with van der Waals surface area (Å²) in [6, 6.07) is 6.62. The third kappa shape index (κ3) is 9.01. The number of nitrogens with zero attached hydrogens (tertiary/aromatic N) is 4. The molecule has 1 amide bonds. The topological polar surface area (TPSA) is 148 Å². The minimum Gasteiger partial charge on any atom is -0.496 e. The molecule has 0 saturated carbocycles. The van der Waals surface area contributed by atoms with Crippen molar-refractivity contribution in [3.8, 4) is 17.0 Å². The fourth-order valence-corrected chi connectivity index (χ4v) is 4.41. The third-order valence-corrected chi connectivity index (χ3v) is 6.27. The Kier molecular flexibility index (Phi) is 10.1. The molecule has 0 bridgehead atoms. The minimum absolute atomic E-state index is 0.0553. The molecular weight excluding hydrogens is 578 g/mol. The molecule has 12 heteroatoms. The molecule has 0 radical (unpaired) electrons. The second-order valence-electron chi connectivity index (χ2n) is 12.3. The number of carbonyl (C=O) groups is 3. The van der Waals surface area contributed by atoms with Crippen LogP contribution in [0.4, 0.5) is 9.59 Å². The maximum Gasteiger partial charge on any atom is 0.420 e. The zero-order valence-electron chi connectivity index (χ0n) is 26.6. The smallest absolute Gasteiger partial charge is 0.420 e.